The average molecular weight is 314 g/mol. The number of hydrogen-bond acceptors (Lipinski definition) is 4. The molecule has 1 amide bonds. The van der Waals surface area contributed by atoms with Crippen LogP contribution in [0.25, 0.3) is 0 Å². The van der Waals surface area contributed by atoms with Crippen LogP contribution >= 0.6 is 0 Å². The van der Waals surface area contributed by atoms with Crippen molar-refractivity contribution in [3.05, 3.63) is 53.9 Å². The Morgan fingerprint density at radius 2 is 2.04 bits per heavy atom. The SMILES string of the molecule is COc1cc(C(=O)N(C)Cc2cccnc2)ccc1OC(C)C. The molecule has 23 heavy (non-hydrogen) atoms. The summed E-state index contributed by atoms with van der Waals surface area (Å²) < 4.78 is 11.0. The van der Waals surface area contributed by atoms with Crippen molar-refractivity contribution in [2.75, 3.05) is 14.2 Å². The summed E-state index contributed by atoms with van der Waals surface area (Å²) in [5, 5.41) is 0. The lowest BCUT2D eigenvalue weighted by molar-refractivity contribution is 0.0784. The van der Waals surface area contributed by atoms with Crippen LogP contribution in [0.1, 0.15) is 29.8 Å². The molecule has 0 atom stereocenters. The molecule has 0 fully saturated rings. The van der Waals surface area contributed by atoms with E-state index in [9.17, 15) is 4.79 Å². The second kappa shape index (κ2) is 7.63. The Morgan fingerprint density at radius 3 is 2.65 bits per heavy atom. The van der Waals surface area contributed by atoms with Gasteiger partial charge in [0.25, 0.3) is 5.91 Å². The standard InChI is InChI=1S/C18H22N2O3/c1-13(2)23-16-8-7-15(10-17(16)22-4)18(21)20(3)12-14-6-5-9-19-11-14/h5-11,13H,12H2,1-4H3. The number of amides is 1. The predicted molar refractivity (Wildman–Crippen MR) is 88.8 cm³/mol. The molecule has 1 heterocycles. The molecule has 0 saturated carbocycles. The van der Waals surface area contributed by atoms with Crippen LogP contribution in [0.2, 0.25) is 0 Å². The van der Waals surface area contributed by atoms with Gasteiger partial charge in [0.1, 0.15) is 0 Å². The largest absolute Gasteiger partial charge is 0.493 e. The fourth-order valence-corrected chi connectivity index (χ4v) is 2.21. The van der Waals surface area contributed by atoms with Crippen LogP contribution in [0, 0.1) is 0 Å². The van der Waals surface area contributed by atoms with E-state index in [1.54, 1.807) is 49.7 Å². The maximum Gasteiger partial charge on any atom is 0.254 e. The van der Waals surface area contributed by atoms with Crippen molar-refractivity contribution >= 4 is 5.91 Å². The van der Waals surface area contributed by atoms with Crippen molar-refractivity contribution in [2.45, 2.75) is 26.5 Å². The Labute approximate surface area is 136 Å². The molecule has 0 bridgehead atoms. The second-order valence-corrected chi connectivity index (χ2v) is 5.55. The number of pyridine rings is 1. The van der Waals surface area contributed by atoms with Gasteiger partial charge >= 0.3 is 0 Å². The van der Waals surface area contributed by atoms with E-state index in [-0.39, 0.29) is 12.0 Å². The molecular formula is C18H22N2O3. The fourth-order valence-electron chi connectivity index (χ4n) is 2.21. The highest BCUT2D eigenvalue weighted by atomic mass is 16.5. The van der Waals surface area contributed by atoms with Crippen LogP contribution in [-0.4, -0.2) is 36.1 Å². The minimum atomic E-state index is -0.0803. The molecule has 5 heteroatoms. The molecule has 0 aliphatic rings. The van der Waals surface area contributed by atoms with Crippen molar-refractivity contribution in [1.29, 1.82) is 0 Å². The highest BCUT2D eigenvalue weighted by Crippen LogP contribution is 2.29. The number of carbonyl (C=O) groups excluding carboxylic acids is 1. The highest BCUT2D eigenvalue weighted by molar-refractivity contribution is 5.94. The normalized spacial score (nSPS) is 10.5. The first kappa shape index (κ1) is 16.8. The number of methoxy groups -OCH3 is 1. The van der Waals surface area contributed by atoms with Crippen LogP contribution in [0.15, 0.2) is 42.7 Å². The molecule has 0 aliphatic carbocycles. The van der Waals surface area contributed by atoms with E-state index < -0.39 is 0 Å². The van der Waals surface area contributed by atoms with Crippen LogP contribution in [0.5, 0.6) is 11.5 Å². The van der Waals surface area contributed by atoms with Crippen molar-refractivity contribution in [2.24, 2.45) is 0 Å². The first-order valence-corrected chi connectivity index (χ1v) is 7.50. The summed E-state index contributed by atoms with van der Waals surface area (Å²) in [6.07, 6.45) is 3.51. The summed E-state index contributed by atoms with van der Waals surface area (Å²) in [5.74, 6) is 1.11. The second-order valence-electron chi connectivity index (χ2n) is 5.55. The number of benzene rings is 1. The zero-order valence-electron chi connectivity index (χ0n) is 13.9. The highest BCUT2D eigenvalue weighted by Gasteiger charge is 2.15. The van der Waals surface area contributed by atoms with E-state index in [2.05, 4.69) is 4.98 Å². The first-order chi connectivity index (χ1) is 11.0. The molecule has 0 spiro atoms. The Kier molecular flexibility index (Phi) is 5.57. The molecule has 0 unspecified atom stereocenters. The van der Waals surface area contributed by atoms with Gasteiger partial charge in [-0.2, -0.15) is 0 Å². The minimum absolute atomic E-state index is 0.0405. The lowest BCUT2D eigenvalue weighted by atomic mass is 10.1. The van der Waals surface area contributed by atoms with Crippen LogP contribution in [0.3, 0.4) is 0 Å². The predicted octanol–water partition coefficient (Wildman–Crippen LogP) is 3.15. The summed E-state index contributed by atoms with van der Waals surface area (Å²) in [4.78, 5) is 18.3. The van der Waals surface area contributed by atoms with E-state index in [1.165, 1.54) is 0 Å². The Morgan fingerprint density at radius 1 is 1.26 bits per heavy atom. The zero-order valence-corrected chi connectivity index (χ0v) is 13.9. The first-order valence-electron chi connectivity index (χ1n) is 7.50. The van der Waals surface area contributed by atoms with Crippen molar-refractivity contribution in [3.63, 3.8) is 0 Å². The Hall–Kier alpha value is -2.56. The van der Waals surface area contributed by atoms with Gasteiger partial charge in [-0.25, -0.2) is 0 Å². The maximum atomic E-state index is 12.6. The summed E-state index contributed by atoms with van der Waals surface area (Å²) >= 11 is 0. The maximum absolute atomic E-state index is 12.6. The minimum Gasteiger partial charge on any atom is -0.493 e. The number of aromatic nitrogens is 1. The van der Waals surface area contributed by atoms with Gasteiger partial charge in [0, 0.05) is 31.5 Å². The van der Waals surface area contributed by atoms with Gasteiger partial charge in [-0.05, 0) is 43.7 Å². The van der Waals surface area contributed by atoms with Gasteiger partial charge in [0.15, 0.2) is 11.5 Å². The van der Waals surface area contributed by atoms with Crippen molar-refractivity contribution < 1.29 is 14.3 Å². The summed E-state index contributed by atoms with van der Waals surface area (Å²) in [5.41, 5.74) is 1.54. The van der Waals surface area contributed by atoms with E-state index in [1.807, 2.05) is 26.0 Å². The average Bonchev–Trinajstić information content (AvgIpc) is 2.55. The van der Waals surface area contributed by atoms with E-state index in [0.717, 1.165) is 5.56 Å². The number of carbonyl (C=O) groups is 1. The van der Waals surface area contributed by atoms with Gasteiger partial charge in [0.2, 0.25) is 0 Å². The summed E-state index contributed by atoms with van der Waals surface area (Å²) in [6, 6.07) is 9.03. The fraction of sp³-hybridized carbons (Fsp3) is 0.333. The third-order valence-corrected chi connectivity index (χ3v) is 3.26. The van der Waals surface area contributed by atoms with Crippen LogP contribution in [0.4, 0.5) is 0 Å². The molecule has 2 aromatic rings. The van der Waals surface area contributed by atoms with E-state index in [0.29, 0.717) is 23.6 Å². The molecule has 0 radical (unpaired) electrons. The molecule has 1 aromatic heterocycles. The summed E-state index contributed by atoms with van der Waals surface area (Å²) in [6.45, 7) is 4.39. The molecular weight excluding hydrogens is 292 g/mol. The van der Waals surface area contributed by atoms with Gasteiger partial charge in [-0.3, -0.25) is 9.78 Å². The lowest BCUT2D eigenvalue weighted by Crippen LogP contribution is -2.26. The third kappa shape index (κ3) is 4.45. The molecule has 2 rings (SSSR count). The van der Waals surface area contributed by atoms with Gasteiger partial charge in [-0.1, -0.05) is 6.07 Å². The van der Waals surface area contributed by atoms with Crippen molar-refractivity contribution in [1.82, 2.24) is 9.88 Å². The van der Waals surface area contributed by atoms with E-state index in [4.69, 9.17) is 9.47 Å². The molecule has 122 valence electrons. The topological polar surface area (TPSA) is 51.7 Å². The van der Waals surface area contributed by atoms with Gasteiger partial charge in [0.05, 0.1) is 13.2 Å². The van der Waals surface area contributed by atoms with Crippen molar-refractivity contribution in [3.8, 4) is 11.5 Å². The molecule has 1 aromatic carbocycles. The Bertz CT molecular complexity index is 657. The number of nitrogens with zero attached hydrogens (tertiary/aromatic N) is 2. The van der Waals surface area contributed by atoms with Crippen LogP contribution < -0.4 is 9.47 Å². The lowest BCUT2D eigenvalue weighted by Gasteiger charge is -2.19. The van der Waals surface area contributed by atoms with Gasteiger partial charge < -0.3 is 14.4 Å². The molecule has 5 nitrogen and oxygen atoms in total. The van der Waals surface area contributed by atoms with Crippen LogP contribution in [-0.2, 0) is 6.54 Å². The summed E-state index contributed by atoms with van der Waals surface area (Å²) in [7, 11) is 3.33. The number of rotatable bonds is 6. The van der Waals surface area contributed by atoms with Gasteiger partial charge in [-0.15, -0.1) is 0 Å². The zero-order chi connectivity index (χ0) is 16.8. The van der Waals surface area contributed by atoms with E-state index >= 15 is 0 Å². The number of ether oxygens (including phenoxy) is 2. The third-order valence-electron chi connectivity index (χ3n) is 3.26. The number of hydrogen-bond donors (Lipinski definition) is 0. The quantitative estimate of drug-likeness (QED) is 0.822. The Balaban J connectivity index is 2.15. The monoisotopic (exact) mass is 314 g/mol. The smallest absolute Gasteiger partial charge is 0.254 e. The molecule has 0 saturated heterocycles. The molecule has 0 aliphatic heterocycles. The molecule has 0 N–H and O–H groups in total.